The van der Waals surface area contributed by atoms with Crippen molar-refractivity contribution in [3.63, 3.8) is 0 Å². The number of ether oxygens (including phenoxy) is 4. The Morgan fingerprint density at radius 1 is 0.389 bits per heavy atom. The molecule has 0 N–H and O–H groups in total. The van der Waals surface area contributed by atoms with Crippen molar-refractivity contribution in [1.29, 1.82) is 0 Å². The highest BCUT2D eigenvalue weighted by atomic mass is 16.5. The van der Waals surface area contributed by atoms with Gasteiger partial charge in [0, 0.05) is 12.1 Å². The van der Waals surface area contributed by atoms with Crippen molar-refractivity contribution in [2.24, 2.45) is 0 Å². The van der Waals surface area contributed by atoms with Crippen molar-refractivity contribution in [3.8, 4) is 23.0 Å². The van der Waals surface area contributed by atoms with Gasteiger partial charge in [-0.25, -0.2) is 0 Å². The van der Waals surface area contributed by atoms with Crippen LogP contribution in [-0.4, -0.2) is 27.4 Å². The predicted molar refractivity (Wildman–Crippen MR) is 154 cm³/mol. The Morgan fingerprint density at radius 3 is 0.944 bits per heavy atom. The molecule has 210 valence electrons. The third-order valence-electron chi connectivity index (χ3n) is 6.96. The lowest BCUT2D eigenvalue weighted by Gasteiger charge is -2.16. The van der Waals surface area contributed by atoms with Crippen LogP contribution in [0.25, 0.3) is 0 Å². The van der Waals surface area contributed by atoms with E-state index in [9.17, 15) is 0 Å². The quantitative estimate of drug-likeness (QED) is 0.117. The number of hydrogen-bond donors (Lipinski definition) is 0. The lowest BCUT2D eigenvalue weighted by atomic mass is 10.1. The van der Waals surface area contributed by atoms with Crippen LogP contribution in [-0.2, 0) is 0 Å². The minimum Gasteiger partial charge on any atom is -0.493 e. The van der Waals surface area contributed by atoms with Gasteiger partial charge in [0.05, 0.1) is 27.4 Å². The second-order valence-electron chi connectivity index (χ2n) is 10.2. The van der Waals surface area contributed by atoms with Gasteiger partial charge < -0.3 is 18.9 Å². The van der Waals surface area contributed by atoms with E-state index in [2.05, 4.69) is 13.8 Å². The van der Waals surface area contributed by atoms with Gasteiger partial charge in [-0.05, 0) is 12.8 Å². The molecule has 4 nitrogen and oxygen atoms in total. The van der Waals surface area contributed by atoms with E-state index in [1.165, 1.54) is 116 Å². The van der Waals surface area contributed by atoms with Crippen molar-refractivity contribution >= 4 is 0 Å². The van der Waals surface area contributed by atoms with E-state index in [1.54, 1.807) is 14.2 Å². The van der Waals surface area contributed by atoms with E-state index in [-0.39, 0.29) is 0 Å². The van der Waals surface area contributed by atoms with E-state index < -0.39 is 0 Å². The topological polar surface area (TPSA) is 36.9 Å². The SMILES string of the molecule is CCCCCCCCCCCCOc1cc(OC)c(OCCCCCCCCCCCC)cc1OC. The van der Waals surface area contributed by atoms with Crippen molar-refractivity contribution in [3.05, 3.63) is 12.1 Å². The second-order valence-corrected chi connectivity index (χ2v) is 10.2. The van der Waals surface area contributed by atoms with Crippen LogP contribution in [0, 0.1) is 0 Å². The molecule has 0 aromatic heterocycles. The van der Waals surface area contributed by atoms with Crippen LogP contribution in [0.4, 0.5) is 0 Å². The van der Waals surface area contributed by atoms with E-state index in [1.807, 2.05) is 12.1 Å². The summed E-state index contributed by atoms with van der Waals surface area (Å²) in [6.07, 6.45) is 26.4. The Kier molecular flexibility index (Phi) is 21.4. The molecule has 36 heavy (non-hydrogen) atoms. The average Bonchev–Trinajstić information content (AvgIpc) is 2.90. The standard InChI is InChI=1S/C32H58O4/c1-5-7-9-11-13-15-17-19-21-23-25-35-31-27-30(34-4)32(28-29(31)33-3)36-26-24-22-20-18-16-14-12-10-8-6-2/h27-28H,5-26H2,1-4H3. The van der Waals surface area contributed by atoms with Crippen LogP contribution >= 0.6 is 0 Å². The third kappa shape index (κ3) is 16.2. The highest BCUT2D eigenvalue weighted by molar-refractivity contribution is 5.54. The summed E-state index contributed by atoms with van der Waals surface area (Å²) in [5, 5.41) is 0. The van der Waals surface area contributed by atoms with Gasteiger partial charge in [0.25, 0.3) is 0 Å². The molecule has 0 amide bonds. The summed E-state index contributed by atoms with van der Waals surface area (Å²) in [5.74, 6) is 2.88. The molecule has 0 aliphatic heterocycles. The van der Waals surface area contributed by atoms with Gasteiger partial charge in [-0.15, -0.1) is 0 Å². The lowest BCUT2D eigenvalue weighted by Crippen LogP contribution is -2.03. The third-order valence-corrected chi connectivity index (χ3v) is 6.96. The Balaban J connectivity index is 2.23. The van der Waals surface area contributed by atoms with E-state index in [0.29, 0.717) is 24.7 Å². The van der Waals surface area contributed by atoms with E-state index in [4.69, 9.17) is 18.9 Å². The molecule has 1 rings (SSSR count). The van der Waals surface area contributed by atoms with Crippen LogP contribution < -0.4 is 18.9 Å². The molecule has 1 aromatic rings. The maximum absolute atomic E-state index is 6.05. The number of hydrogen-bond acceptors (Lipinski definition) is 4. The summed E-state index contributed by atoms with van der Waals surface area (Å²) >= 11 is 0. The molecule has 0 saturated carbocycles. The maximum atomic E-state index is 6.05. The molecule has 0 aliphatic carbocycles. The predicted octanol–water partition coefficient (Wildman–Crippen LogP) is 10.3. The highest BCUT2D eigenvalue weighted by Gasteiger charge is 2.13. The van der Waals surface area contributed by atoms with Gasteiger partial charge in [-0.1, -0.05) is 129 Å². The minimum atomic E-state index is 0.703. The van der Waals surface area contributed by atoms with Crippen molar-refractivity contribution in [2.75, 3.05) is 27.4 Å². The first-order chi connectivity index (χ1) is 17.8. The molecule has 0 saturated heterocycles. The van der Waals surface area contributed by atoms with Crippen LogP contribution in [0.5, 0.6) is 23.0 Å². The molecule has 0 atom stereocenters. The Bertz CT molecular complexity index is 563. The molecule has 1 aromatic carbocycles. The molecule has 4 heteroatoms. The molecule has 0 spiro atoms. The summed E-state index contributed by atoms with van der Waals surface area (Å²) in [6, 6.07) is 3.81. The van der Waals surface area contributed by atoms with Crippen molar-refractivity contribution < 1.29 is 18.9 Å². The lowest BCUT2D eigenvalue weighted by molar-refractivity contribution is 0.267. The second kappa shape index (κ2) is 23.8. The van der Waals surface area contributed by atoms with Gasteiger partial charge in [0.1, 0.15) is 0 Å². The zero-order valence-corrected chi connectivity index (χ0v) is 24.3. The van der Waals surface area contributed by atoms with Gasteiger partial charge >= 0.3 is 0 Å². The largest absolute Gasteiger partial charge is 0.493 e. The van der Waals surface area contributed by atoms with Gasteiger partial charge in [0.15, 0.2) is 23.0 Å². The average molecular weight is 507 g/mol. The first kappa shape index (κ1) is 32.4. The number of unbranched alkanes of at least 4 members (excludes halogenated alkanes) is 18. The number of methoxy groups -OCH3 is 2. The molecule has 0 heterocycles. The molecular weight excluding hydrogens is 448 g/mol. The maximum Gasteiger partial charge on any atom is 0.165 e. The van der Waals surface area contributed by atoms with Crippen molar-refractivity contribution in [1.82, 2.24) is 0 Å². The van der Waals surface area contributed by atoms with Crippen molar-refractivity contribution in [2.45, 2.75) is 142 Å². The van der Waals surface area contributed by atoms with Gasteiger partial charge in [0.2, 0.25) is 0 Å². The highest BCUT2D eigenvalue weighted by Crippen LogP contribution is 2.39. The first-order valence-corrected chi connectivity index (χ1v) is 15.3. The summed E-state index contributed by atoms with van der Waals surface area (Å²) < 4.78 is 23.3. The summed E-state index contributed by atoms with van der Waals surface area (Å²) in [6.45, 7) is 5.95. The molecule has 0 aliphatic rings. The summed E-state index contributed by atoms with van der Waals surface area (Å²) in [4.78, 5) is 0. The van der Waals surface area contributed by atoms with Gasteiger partial charge in [-0.2, -0.15) is 0 Å². The fourth-order valence-electron chi connectivity index (χ4n) is 4.61. The molecular formula is C32H58O4. The Labute approximate surface area is 223 Å². The first-order valence-electron chi connectivity index (χ1n) is 15.3. The molecule has 0 unspecified atom stereocenters. The summed E-state index contributed by atoms with van der Waals surface area (Å²) in [7, 11) is 3.36. The van der Waals surface area contributed by atoms with Gasteiger partial charge in [-0.3, -0.25) is 0 Å². The smallest absolute Gasteiger partial charge is 0.165 e. The normalized spacial score (nSPS) is 11.0. The minimum absolute atomic E-state index is 0.703. The molecule has 0 bridgehead atoms. The zero-order chi connectivity index (χ0) is 26.1. The van der Waals surface area contributed by atoms with Crippen LogP contribution in [0.1, 0.15) is 142 Å². The Hall–Kier alpha value is -1.58. The molecule has 0 radical (unpaired) electrons. The fraction of sp³-hybridized carbons (Fsp3) is 0.812. The zero-order valence-electron chi connectivity index (χ0n) is 24.3. The fourth-order valence-corrected chi connectivity index (χ4v) is 4.61. The molecule has 0 fully saturated rings. The Morgan fingerprint density at radius 2 is 0.667 bits per heavy atom. The van der Waals surface area contributed by atoms with Crippen LogP contribution in [0.2, 0.25) is 0 Å². The van der Waals surface area contributed by atoms with Crippen LogP contribution in [0.3, 0.4) is 0 Å². The number of benzene rings is 1. The van der Waals surface area contributed by atoms with Crippen LogP contribution in [0.15, 0.2) is 12.1 Å². The summed E-state index contributed by atoms with van der Waals surface area (Å²) in [5.41, 5.74) is 0. The van der Waals surface area contributed by atoms with E-state index in [0.717, 1.165) is 24.3 Å². The van der Waals surface area contributed by atoms with E-state index >= 15 is 0 Å². The monoisotopic (exact) mass is 506 g/mol. The number of rotatable bonds is 26.